The van der Waals surface area contributed by atoms with Gasteiger partial charge in [-0.3, -0.25) is 4.79 Å². The predicted molar refractivity (Wildman–Crippen MR) is 74.9 cm³/mol. The molecule has 0 unspecified atom stereocenters. The van der Waals surface area contributed by atoms with E-state index in [4.69, 9.17) is 5.73 Å². The second-order valence-electron chi connectivity index (χ2n) is 4.99. The van der Waals surface area contributed by atoms with Gasteiger partial charge >= 0.3 is 0 Å². The van der Waals surface area contributed by atoms with Crippen LogP contribution in [0.15, 0.2) is 0 Å². The number of nitrogens with zero attached hydrogens (tertiary/aromatic N) is 1. The fraction of sp³-hybridized carbons (Fsp3) is 0.636. The minimum atomic E-state index is -0.531. The van der Waals surface area contributed by atoms with E-state index >= 15 is 0 Å². The lowest BCUT2D eigenvalue weighted by Crippen LogP contribution is -2.45. The van der Waals surface area contributed by atoms with E-state index in [1.807, 2.05) is 34.6 Å². The Morgan fingerprint density at radius 3 is 2.29 bits per heavy atom. The van der Waals surface area contributed by atoms with Crippen LogP contribution in [0.1, 0.15) is 31.3 Å². The SMILES string of the molecule is Cc1nc(NC(=O)[C@@H](N)C(C)(C)C)sc1C.Cl. The van der Waals surface area contributed by atoms with Gasteiger partial charge in [0.05, 0.1) is 11.7 Å². The number of amides is 1. The summed E-state index contributed by atoms with van der Waals surface area (Å²) in [7, 11) is 0. The van der Waals surface area contributed by atoms with Crippen LogP contribution < -0.4 is 11.1 Å². The third kappa shape index (κ3) is 4.26. The monoisotopic (exact) mass is 277 g/mol. The minimum Gasteiger partial charge on any atom is -0.319 e. The fourth-order valence-electron chi connectivity index (χ4n) is 1.10. The molecule has 1 aromatic heterocycles. The van der Waals surface area contributed by atoms with Crippen LogP contribution in [0, 0.1) is 19.3 Å². The molecule has 1 heterocycles. The Bertz CT molecular complexity index is 378. The number of thiazole rings is 1. The lowest BCUT2D eigenvalue weighted by atomic mass is 9.87. The summed E-state index contributed by atoms with van der Waals surface area (Å²) < 4.78 is 0. The van der Waals surface area contributed by atoms with Gasteiger partial charge in [0.25, 0.3) is 0 Å². The molecule has 4 nitrogen and oxygen atoms in total. The van der Waals surface area contributed by atoms with E-state index in [0.717, 1.165) is 10.6 Å². The number of aromatic nitrogens is 1. The lowest BCUT2D eigenvalue weighted by Gasteiger charge is -2.25. The van der Waals surface area contributed by atoms with Crippen LogP contribution in [0.4, 0.5) is 5.13 Å². The highest BCUT2D eigenvalue weighted by molar-refractivity contribution is 7.15. The Morgan fingerprint density at radius 1 is 1.41 bits per heavy atom. The predicted octanol–water partition coefficient (Wildman–Crippen LogP) is 2.49. The number of nitrogens with one attached hydrogen (secondary N) is 1. The van der Waals surface area contributed by atoms with Crippen molar-refractivity contribution in [2.24, 2.45) is 11.1 Å². The van der Waals surface area contributed by atoms with Crippen LogP contribution in [0.5, 0.6) is 0 Å². The van der Waals surface area contributed by atoms with Gasteiger partial charge in [-0.1, -0.05) is 20.8 Å². The number of halogens is 1. The van der Waals surface area contributed by atoms with E-state index in [0.29, 0.717) is 5.13 Å². The largest absolute Gasteiger partial charge is 0.319 e. The molecular weight excluding hydrogens is 258 g/mol. The third-order valence-electron chi connectivity index (χ3n) is 2.47. The maximum absolute atomic E-state index is 11.8. The molecule has 0 aromatic carbocycles. The molecule has 0 fully saturated rings. The summed E-state index contributed by atoms with van der Waals surface area (Å²) in [5.74, 6) is -0.179. The number of rotatable bonds is 2. The highest BCUT2D eigenvalue weighted by Gasteiger charge is 2.27. The van der Waals surface area contributed by atoms with Crippen LogP contribution in [0.3, 0.4) is 0 Å². The first-order valence-electron chi connectivity index (χ1n) is 5.22. The maximum atomic E-state index is 11.8. The maximum Gasteiger partial charge on any atom is 0.243 e. The van der Waals surface area contributed by atoms with Crippen molar-refractivity contribution in [1.82, 2.24) is 4.98 Å². The van der Waals surface area contributed by atoms with E-state index in [2.05, 4.69) is 10.3 Å². The molecule has 0 saturated carbocycles. The van der Waals surface area contributed by atoms with Crippen molar-refractivity contribution in [3.05, 3.63) is 10.6 Å². The molecule has 0 bridgehead atoms. The Labute approximate surface area is 112 Å². The van der Waals surface area contributed by atoms with E-state index in [-0.39, 0.29) is 23.7 Å². The lowest BCUT2D eigenvalue weighted by molar-refractivity contribution is -0.119. The molecule has 0 aliphatic carbocycles. The molecule has 98 valence electrons. The summed E-state index contributed by atoms with van der Waals surface area (Å²) in [5.41, 5.74) is 6.56. The summed E-state index contributed by atoms with van der Waals surface area (Å²) in [5, 5.41) is 3.38. The van der Waals surface area contributed by atoms with Gasteiger partial charge in [-0.25, -0.2) is 4.98 Å². The number of nitrogens with two attached hydrogens (primary N) is 1. The van der Waals surface area contributed by atoms with Crippen molar-refractivity contribution in [3.8, 4) is 0 Å². The zero-order chi connectivity index (χ0) is 12.5. The normalized spacial score (nSPS) is 12.8. The zero-order valence-corrected chi connectivity index (χ0v) is 12.5. The molecule has 0 radical (unpaired) electrons. The van der Waals surface area contributed by atoms with Crippen LogP contribution in [-0.2, 0) is 4.79 Å². The van der Waals surface area contributed by atoms with Gasteiger partial charge in [-0.15, -0.1) is 23.7 Å². The van der Waals surface area contributed by atoms with Crippen molar-refractivity contribution < 1.29 is 4.79 Å². The molecule has 3 N–H and O–H groups in total. The van der Waals surface area contributed by atoms with Gasteiger partial charge in [0, 0.05) is 4.88 Å². The summed E-state index contributed by atoms with van der Waals surface area (Å²) >= 11 is 1.47. The number of anilines is 1. The molecular formula is C11H20ClN3OS. The first-order valence-corrected chi connectivity index (χ1v) is 6.04. The first-order chi connectivity index (χ1) is 7.21. The molecule has 1 amide bonds. The van der Waals surface area contributed by atoms with Crippen molar-refractivity contribution in [2.45, 2.75) is 40.7 Å². The van der Waals surface area contributed by atoms with E-state index in [9.17, 15) is 4.79 Å². The molecule has 1 aromatic rings. The van der Waals surface area contributed by atoms with Gasteiger partial charge in [0.15, 0.2) is 5.13 Å². The smallest absolute Gasteiger partial charge is 0.243 e. The summed E-state index contributed by atoms with van der Waals surface area (Å²) in [4.78, 5) is 17.2. The standard InChI is InChI=1S/C11H19N3OS.ClH/c1-6-7(2)16-10(13-6)14-9(15)8(12)11(3,4)5;/h8H,12H2,1-5H3,(H,13,14,15);1H/t8-;/m1./s1. The molecule has 1 atom stereocenters. The summed E-state index contributed by atoms with van der Waals surface area (Å²) in [6.07, 6.45) is 0. The average molecular weight is 278 g/mol. The molecule has 17 heavy (non-hydrogen) atoms. The van der Waals surface area contributed by atoms with Crippen LogP contribution in [-0.4, -0.2) is 16.9 Å². The summed E-state index contributed by atoms with van der Waals surface area (Å²) in [6.45, 7) is 9.72. The quantitative estimate of drug-likeness (QED) is 0.873. The van der Waals surface area contributed by atoms with Crippen molar-refractivity contribution in [1.29, 1.82) is 0 Å². The number of carbonyl (C=O) groups is 1. The number of carbonyl (C=O) groups excluding carboxylic acids is 1. The fourth-order valence-corrected chi connectivity index (χ4v) is 1.92. The van der Waals surface area contributed by atoms with Crippen molar-refractivity contribution >= 4 is 34.8 Å². The van der Waals surface area contributed by atoms with Gasteiger partial charge in [-0.05, 0) is 19.3 Å². The van der Waals surface area contributed by atoms with Gasteiger partial charge in [0.1, 0.15) is 0 Å². The van der Waals surface area contributed by atoms with E-state index < -0.39 is 6.04 Å². The highest BCUT2D eigenvalue weighted by Crippen LogP contribution is 2.23. The topological polar surface area (TPSA) is 68.0 Å². The van der Waals surface area contributed by atoms with Crippen molar-refractivity contribution in [2.75, 3.05) is 5.32 Å². The number of hydrogen-bond acceptors (Lipinski definition) is 4. The molecule has 1 rings (SSSR count). The molecule has 0 spiro atoms. The Hall–Kier alpha value is -0.650. The van der Waals surface area contributed by atoms with Gasteiger partial charge < -0.3 is 11.1 Å². The molecule has 0 aliphatic rings. The summed E-state index contributed by atoms with van der Waals surface area (Å²) in [6, 6.07) is -0.531. The van der Waals surface area contributed by atoms with Crippen molar-refractivity contribution in [3.63, 3.8) is 0 Å². The second-order valence-corrected chi connectivity index (χ2v) is 6.20. The minimum absolute atomic E-state index is 0. The molecule has 6 heteroatoms. The van der Waals surface area contributed by atoms with Crippen LogP contribution >= 0.6 is 23.7 Å². The highest BCUT2D eigenvalue weighted by atomic mass is 35.5. The van der Waals surface area contributed by atoms with E-state index in [1.54, 1.807) is 0 Å². The number of aryl methyl sites for hydroxylation is 2. The molecule has 0 saturated heterocycles. The first kappa shape index (κ1) is 16.4. The van der Waals surface area contributed by atoms with Gasteiger partial charge in [-0.2, -0.15) is 0 Å². The average Bonchev–Trinajstić information content (AvgIpc) is 2.43. The van der Waals surface area contributed by atoms with Crippen LogP contribution in [0.2, 0.25) is 0 Å². The van der Waals surface area contributed by atoms with Gasteiger partial charge in [0.2, 0.25) is 5.91 Å². The third-order valence-corrected chi connectivity index (χ3v) is 3.46. The number of hydrogen-bond donors (Lipinski definition) is 2. The second kappa shape index (κ2) is 5.80. The zero-order valence-electron chi connectivity index (χ0n) is 10.8. The Kier molecular flexibility index (Phi) is 5.58. The van der Waals surface area contributed by atoms with E-state index in [1.165, 1.54) is 11.3 Å². The Balaban J connectivity index is 0.00000256. The van der Waals surface area contributed by atoms with Crippen LogP contribution in [0.25, 0.3) is 0 Å². The Morgan fingerprint density at radius 2 is 1.94 bits per heavy atom. The molecule has 0 aliphatic heterocycles.